The Bertz CT molecular complexity index is 802. The van der Waals surface area contributed by atoms with Crippen LogP contribution >= 0.6 is 0 Å². The van der Waals surface area contributed by atoms with Crippen molar-refractivity contribution in [3.05, 3.63) is 53.8 Å². The normalized spacial score (nSPS) is 12.0. The SMILES string of the molecule is Cc1ccc(S(=O)(=O)Nc2cc(F)cc(OC(F)(F)F)c2)cc1. The molecular formula is C14H11F4NO3S. The number of sulfonamides is 1. The van der Waals surface area contributed by atoms with E-state index in [1.165, 1.54) is 12.1 Å². The smallest absolute Gasteiger partial charge is 0.406 e. The van der Waals surface area contributed by atoms with Crippen LogP contribution in [0.2, 0.25) is 0 Å². The summed E-state index contributed by atoms with van der Waals surface area (Å²) in [6.45, 7) is 1.76. The van der Waals surface area contributed by atoms with Crippen molar-refractivity contribution in [3.8, 4) is 5.75 Å². The molecule has 9 heteroatoms. The van der Waals surface area contributed by atoms with Crippen LogP contribution in [0, 0.1) is 12.7 Å². The Labute approximate surface area is 129 Å². The van der Waals surface area contributed by atoms with E-state index < -0.39 is 28.0 Å². The van der Waals surface area contributed by atoms with Crippen LogP contribution in [0.4, 0.5) is 23.2 Å². The first-order chi connectivity index (χ1) is 10.5. The number of benzene rings is 2. The molecule has 2 aromatic rings. The average Bonchev–Trinajstić information content (AvgIpc) is 2.35. The monoisotopic (exact) mass is 349 g/mol. The molecule has 1 N–H and O–H groups in total. The van der Waals surface area contributed by atoms with E-state index in [4.69, 9.17) is 0 Å². The topological polar surface area (TPSA) is 55.4 Å². The molecule has 0 unspecified atom stereocenters. The second-order valence-corrected chi connectivity index (χ2v) is 6.32. The molecule has 0 aliphatic carbocycles. The van der Waals surface area contributed by atoms with Crippen molar-refractivity contribution in [1.29, 1.82) is 0 Å². The average molecular weight is 349 g/mol. The molecule has 0 saturated heterocycles. The van der Waals surface area contributed by atoms with Crippen LogP contribution in [-0.4, -0.2) is 14.8 Å². The predicted molar refractivity (Wildman–Crippen MR) is 75.1 cm³/mol. The molecule has 0 radical (unpaired) electrons. The predicted octanol–water partition coefficient (Wildman–Crippen LogP) is 3.83. The number of ether oxygens (including phenoxy) is 1. The molecule has 4 nitrogen and oxygen atoms in total. The summed E-state index contributed by atoms with van der Waals surface area (Å²) in [6.07, 6.45) is -5.01. The number of anilines is 1. The lowest BCUT2D eigenvalue weighted by atomic mass is 10.2. The number of nitrogens with one attached hydrogen (secondary N) is 1. The summed E-state index contributed by atoms with van der Waals surface area (Å²) in [5.74, 6) is -1.94. The number of hydrogen-bond acceptors (Lipinski definition) is 3. The maximum atomic E-state index is 13.4. The van der Waals surface area contributed by atoms with E-state index in [0.29, 0.717) is 6.07 Å². The highest BCUT2D eigenvalue weighted by Crippen LogP contribution is 2.27. The summed E-state index contributed by atoms with van der Waals surface area (Å²) < 4.78 is 79.7. The molecule has 124 valence electrons. The van der Waals surface area contributed by atoms with E-state index in [2.05, 4.69) is 4.74 Å². The summed E-state index contributed by atoms with van der Waals surface area (Å²) in [5.41, 5.74) is 0.445. The lowest BCUT2D eigenvalue weighted by Gasteiger charge is -2.12. The molecule has 2 aromatic carbocycles. The first kappa shape index (κ1) is 17.1. The van der Waals surface area contributed by atoms with Gasteiger partial charge >= 0.3 is 6.36 Å². The van der Waals surface area contributed by atoms with Gasteiger partial charge in [-0.1, -0.05) is 17.7 Å². The second kappa shape index (κ2) is 6.07. The minimum Gasteiger partial charge on any atom is -0.406 e. The van der Waals surface area contributed by atoms with Crippen LogP contribution in [0.1, 0.15) is 5.56 Å². The van der Waals surface area contributed by atoms with Crippen molar-refractivity contribution in [1.82, 2.24) is 0 Å². The molecule has 23 heavy (non-hydrogen) atoms. The standard InChI is InChI=1S/C14H11F4NO3S/c1-9-2-4-13(5-3-9)23(20,21)19-11-6-10(15)7-12(8-11)22-14(16,17)18/h2-8,19H,1H3. The Balaban J connectivity index is 2.30. The Morgan fingerprint density at radius 1 is 1.04 bits per heavy atom. The van der Waals surface area contributed by atoms with Crippen LogP contribution < -0.4 is 9.46 Å². The fraction of sp³-hybridized carbons (Fsp3) is 0.143. The van der Waals surface area contributed by atoms with Crippen LogP contribution in [-0.2, 0) is 10.0 Å². The van der Waals surface area contributed by atoms with Crippen LogP contribution in [0.3, 0.4) is 0 Å². The maximum absolute atomic E-state index is 13.4. The zero-order valence-electron chi connectivity index (χ0n) is 11.7. The van der Waals surface area contributed by atoms with Crippen molar-refractivity contribution in [2.45, 2.75) is 18.2 Å². The fourth-order valence-electron chi connectivity index (χ4n) is 1.75. The van der Waals surface area contributed by atoms with Gasteiger partial charge in [-0.3, -0.25) is 4.72 Å². The van der Waals surface area contributed by atoms with Gasteiger partial charge in [0.05, 0.1) is 10.6 Å². The van der Waals surface area contributed by atoms with Gasteiger partial charge in [0.15, 0.2) is 0 Å². The van der Waals surface area contributed by atoms with Crippen LogP contribution in [0.15, 0.2) is 47.4 Å². The highest BCUT2D eigenvalue weighted by Gasteiger charge is 2.31. The van der Waals surface area contributed by atoms with Crippen molar-refractivity contribution in [3.63, 3.8) is 0 Å². The van der Waals surface area contributed by atoms with Gasteiger partial charge in [-0.25, -0.2) is 12.8 Å². The third kappa shape index (κ3) is 4.85. The Hall–Kier alpha value is -2.29. The molecule has 0 spiro atoms. The van der Waals surface area contributed by atoms with Gasteiger partial charge in [-0.2, -0.15) is 0 Å². The summed E-state index contributed by atoms with van der Waals surface area (Å²) in [5, 5.41) is 0. The first-order valence-corrected chi connectivity index (χ1v) is 7.69. The molecule has 2 rings (SSSR count). The van der Waals surface area contributed by atoms with Crippen LogP contribution in [0.25, 0.3) is 0 Å². The van der Waals surface area contributed by atoms with E-state index in [0.717, 1.165) is 17.7 Å². The third-order valence-electron chi connectivity index (χ3n) is 2.69. The van der Waals surface area contributed by atoms with Gasteiger partial charge in [0, 0.05) is 12.1 Å². The summed E-state index contributed by atoms with van der Waals surface area (Å²) in [6, 6.07) is 7.74. The zero-order valence-corrected chi connectivity index (χ0v) is 12.5. The minimum absolute atomic E-state index is 0.106. The van der Waals surface area contributed by atoms with Crippen molar-refractivity contribution in [2.24, 2.45) is 0 Å². The van der Waals surface area contributed by atoms with Crippen molar-refractivity contribution in [2.75, 3.05) is 4.72 Å². The van der Waals surface area contributed by atoms with E-state index in [1.54, 1.807) is 19.1 Å². The molecule has 0 aliphatic rings. The summed E-state index contributed by atoms with van der Waals surface area (Å²) in [7, 11) is -4.06. The molecule has 0 bridgehead atoms. The van der Waals surface area contributed by atoms with Gasteiger partial charge in [0.2, 0.25) is 0 Å². The van der Waals surface area contributed by atoms with Gasteiger partial charge < -0.3 is 4.74 Å². The second-order valence-electron chi connectivity index (χ2n) is 4.64. The maximum Gasteiger partial charge on any atom is 0.573 e. The molecule has 0 heterocycles. The zero-order chi connectivity index (χ0) is 17.3. The van der Waals surface area contributed by atoms with E-state index >= 15 is 0 Å². The van der Waals surface area contributed by atoms with E-state index in [9.17, 15) is 26.0 Å². The Morgan fingerprint density at radius 3 is 2.22 bits per heavy atom. The lowest BCUT2D eigenvalue weighted by Crippen LogP contribution is -2.18. The quantitative estimate of drug-likeness (QED) is 0.854. The number of rotatable bonds is 4. The van der Waals surface area contributed by atoms with Crippen molar-refractivity contribution >= 4 is 15.7 Å². The Kier molecular flexibility index (Phi) is 4.51. The van der Waals surface area contributed by atoms with Gasteiger partial charge in [0.1, 0.15) is 11.6 Å². The summed E-state index contributed by atoms with van der Waals surface area (Å²) in [4.78, 5) is -0.106. The number of hydrogen-bond donors (Lipinski definition) is 1. The Morgan fingerprint density at radius 2 is 1.65 bits per heavy atom. The van der Waals surface area contributed by atoms with Gasteiger partial charge in [0.25, 0.3) is 10.0 Å². The molecule has 0 amide bonds. The molecule has 0 saturated carbocycles. The minimum atomic E-state index is -5.01. The van der Waals surface area contributed by atoms with E-state index in [1.807, 2.05) is 4.72 Å². The molecule has 0 atom stereocenters. The molecule has 0 aliphatic heterocycles. The molecule has 0 fully saturated rings. The van der Waals surface area contributed by atoms with Gasteiger partial charge in [-0.05, 0) is 25.1 Å². The largest absolute Gasteiger partial charge is 0.573 e. The molecule has 0 aromatic heterocycles. The summed E-state index contributed by atoms with van der Waals surface area (Å²) >= 11 is 0. The highest BCUT2D eigenvalue weighted by molar-refractivity contribution is 7.92. The lowest BCUT2D eigenvalue weighted by molar-refractivity contribution is -0.274. The van der Waals surface area contributed by atoms with Gasteiger partial charge in [-0.15, -0.1) is 13.2 Å². The molecular weight excluding hydrogens is 338 g/mol. The number of alkyl halides is 3. The number of aryl methyl sites for hydroxylation is 1. The van der Waals surface area contributed by atoms with E-state index in [-0.39, 0.29) is 10.6 Å². The highest BCUT2D eigenvalue weighted by atomic mass is 32.2. The van der Waals surface area contributed by atoms with Crippen molar-refractivity contribution < 1.29 is 30.7 Å². The fourth-order valence-corrected chi connectivity index (χ4v) is 2.79. The third-order valence-corrected chi connectivity index (χ3v) is 4.09. The van der Waals surface area contributed by atoms with Crippen LogP contribution in [0.5, 0.6) is 5.75 Å². The first-order valence-electron chi connectivity index (χ1n) is 6.21. The number of halogens is 4.